The number of nitrogens with one attached hydrogen (secondary N) is 2. The molecule has 0 amide bonds. The van der Waals surface area contributed by atoms with Crippen molar-refractivity contribution in [2.45, 2.75) is 51.0 Å². The third-order valence-corrected chi connectivity index (χ3v) is 5.57. The van der Waals surface area contributed by atoms with E-state index < -0.39 is 0 Å². The van der Waals surface area contributed by atoms with Crippen LogP contribution in [-0.2, 0) is 12.8 Å². The van der Waals surface area contributed by atoms with Crippen molar-refractivity contribution in [3.63, 3.8) is 0 Å². The highest BCUT2D eigenvalue weighted by Crippen LogP contribution is 2.37. The lowest BCUT2D eigenvalue weighted by atomic mass is 9.99. The number of piperidine rings is 1. The third kappa shape index (κ3) is 3.05. The molecule has 0 spiro atoms. The van der Waals surface area contributed by atoms with E-state index in [0.717, 1.165) is 49.7 Å². The van der Waals surface area contributed by atoms with E-state index in [0.29, 0.717) is 11.1 Å². The third-order valence-electron chi connectivity index (χ3n) is 5.27. The minimum Gasteiger partial charge on any atom is -0.506 e. The van der Waals surface area contributed by atoms with Crippen LogP contribution >= 0.6 is 11.6 Å². The van der Waals surface area contributed by atoms with Crippen LogP contribution in [0.1, 0.15) is 43.4 Å². The van der Waals surface area contributed by atoms with E-state index in [-0.39, 0.29) is 5.75 Å². The minimum absolute atomic E-state index is 0.132. The molecule has 1 aromatic carbocycles. The molecule has 24 heavy (non-hydrogen) atoms. The van der Waals surface area contributed by atoms with Crippen LogP contribution < -0.4 is 10.6 Å². The molecule has 2 heterocycles. The van der Waals surface area contributed by atoms with Gasteiger partial charge in [-0.1, -0.05) is 18.0 Å². The monoisotopic (exact) mass is 345 g/mol. The van der Waals surface area contributed by atoms with Gasteiger partial charge in [-0.05, 0) is 69.3 Å². The lowest BCUT2D eigenvalue weighted by Crippen LogP contribution is -2.35. The number of benzene rings is 1. The number of hydrogen-bond acceptors (Lipinski definition) is 4. The first-order chi connectivity index (χ1) is 11.7. The zero-order chi connectivity index (χ0) is 16.5. The van der Waals surface area contributed by atoms with Crippen molar-refractivity contribution in [1.29, 1.82) is 0 Å². The van der Waals surface area contributed by atoms with Gasteiger partial charge in [-0.3, -0.25) is 4.98 Å². The first-order valence-corrected chi connectivity index (χ1v) is 9.41. The van der Waals surface area contributed by atoms with E-state index in [1.807, 2.05) is 0 Å². The molecule has 1 aliphatic carbocycles. The second-order valence-corrected chi connectivity index (χ2v) is 7.37. The van der Waals surface area contributed by atoms with Crippen molar-refractivity contribution in [3.05, 3.63) is 28.4 Å². The van der Waals surface area contributed by atoms with E-state index in [9.17, 15) is 5.11 Å². The molecule has 1 saturated heterocycles. The van der Waals surface area contributed by atoms with Gasteiger partial charge in [0.2, 0.25) is 0 Å². The number of fused-ring (bicyclic) bond motifs is 2. The number of hydrogen-bond donors (Lipinski definition) is 3. The van der Waals surface area contributed by atoms with Gasteiger partial charge in [-0.2, -0.15) is 0 Å². The van der Waals surface area contributed by atoms with Crippen LogP contribution in [0.25, 0.3) is 10.9 Å². The number of anilines is 1. The summed E-state index contributed by atoms with van der Waals surface area (Å²) in [6.45, 7) is 2.11. The maximum absolute atomic E-state index is 10.1. The van der Waals surface area contributed by atoms with Crippen molar-refractivity contribution >= 4 is 28.2 Å². The Bertz CT molecular complexity index is 756. The van der Waals surface area contributed by atoms with E-state index >= 15 is 0 Å². The van der Waals surface area contributed by atoms with Crippen LogP contribution in [0, 0.1) is 0 Å². The summed E-state index contributed by atoms with van der Waals surface area (Å²) in [5, 5.41) is 18.7. The molecule has 1 aromatic heterocycles. The highest BCUT2D eigenvalue weighted by molar-refractivity contribution is 6.32. The number of aryl methyl sites for hydroxylation is 1. The highest BCUT2D eigenvalue weighted by Gasteiger charge is 2.21. The molecule has 0 unspecified atom stereocenters. The molecule has 0 saturated carbocycles. The molecular weight excluding hydrogens is 322 g/mol. The zero-order valence-corrected chi connectivity index (χ0v) is 14.6. The lowest BCUT2D eigenvalue weighted by molar-refractivity contribution is 0.476. The Kier molecular flexibility index (Phi) is 4.51. The summed E-state index contributed by atoms with van der Waals surface area (Å²) < 4.78 is 0. The molecule has 3 N–H and O–H groups in total. The van der Waals surface area contributed by atoms with Gasteiger partial charge >= 0.3 is 0 Å². The zero-order valence-electron chi connectivity index (χ0n) is 13.9. The Balaban J connectivity index is 1.85. The van der Waals surface area contributed by atoms with E-state index in [1.54, 1.807) is 12.1 Å². The predicted molar refractivity (Wildman–Crippen MR) is 99.2 cm³/mol. The minimum atomic E-state index is 0.132. The molecule has 0 radical (unpaired) electrons. The first kappa shape index (κ1) is 16.0. The lowest BCUT2D eigenvalue weighted by Gasteiger charge is -2.27. The number of aromatic hydroxyl groups is 1. The van der Waals surface area contributed by atoms with Gasteiger partial charge in [0, 0.05) is 22.8 Å². The van der Waals surface area contributed by atoms with E-state index in [1.165, 1.54) is 36.2 Å². The van der Waals surface area contributed by atoms with Crippen molar-refractivity contribution in [3.8, 4) is 5.75 Å². The highest BCUT2D eigenvalue weighted by atomic mass is 35.5. The molecule has 0 atom stereocenters. The fourth-order valence-electron chi connectivity index (χ4n) is 3.95. The number of aromatic nitrogens is 1. The second-order valence-electron chi connectivity index (χ2n) is 6.96. The van der Waals surface area contributed by atoms with Crippen LogP contribution in [0.2, 0.25) is 5.02 Å². The van der Waals surface area contributed by atoms with E-state index in [2.05, 4.69) is 10.6 Å². The average Bonchev–Trinajstić information content (AvgIpc) is 2.83. The SMILES string of the molecule is Oc1cc2c(NC3CCNCC3)c3c(nc2cc1Cl)CCCCC3. The van der Waals surface area contributed by atoms with Gasteiger partial charge in [0.1, 0.15) is 5.75 Å². The first-order valence-electron chi connectivity index (χ1n) is 9.03. The van der Waals surface area contributed by atoms with Gasteiger partial charge < -0.3 is 15.7 Å². The number of phenolic OH excluding ortho intramolecular Hbond substituents is 1. The number of pyridine rings is 1. The topological polar surface area (TPSA) is 57.2 Å². The van der Waals surface area contributed by atoms with Gasteiger partial charge in [0.15, 0.2) is 0 Å². The Morgan fingerprint density at radius 3 is 2.75 bits per heavy atom. The van der Waals surface area contributed by atoms with E-state index in [4.69, 9.17) is 16.6 Å². The largest absolute Gasteiger partial charge is 0.506 e. The molecule has 128 valence electrons. The Labute approximate surface area is 147 Å². The Morgan fingerprint density at radius 2 is 1.92 bits per heavy atom. The van der Waals surface area contributed by atoms with Crippen molar-refractivity contribution in [2.75, 3.05) is 18.4 Å². The summed E-state index contributed by atoms with van der Waals surface area (Å²) >= 11 is 6.13. The Morgan fingerprint density at radius 1 is 1.12 bits per heavy atom. The second kappa shape index (κ2) is 6.77. The molecule has 5 heteroatoms. The fourth-order valence-corrected chi connectivity index (χ4v) is 4.10. The molecule has 1 fully saturated rings. The summed E-state index contributed by atoms with van der Waals surface area (Å²) in [4.78, 5) is 4.88. The maximum atomic E-state index is 10.1. The van der Waals surface area contributed by atoms with Crippen LogP contribution in [0.5, 0.6) is 5.75 Å². The number of halogens is 1. The molecule has 4 rings (SSSR count). The quantitative estimate of drug-likeness (QED) is 0.719. The maximum Gasteiger partial charge on any atom is 0.135 e. The van der Waals surface area contributed by atoms with Crippen molar-refractivity contribution in [2.24, 2.45) is 0 Å². The Hall–Kier alpha value is -1.52. The van der Waals surface area contributed by atoms with Gasteiger partial charge in [-0.15, -0.1) is 0 Å². The predicted octanol–water partition coefficient (Wildman–Crippen LogP) is 4.03. The summed E-state index contributed by atoms with van der Waals surface area (Å²) in [6, 6.07) is 4.05. The standard InChI is InChI=1S/C19H24ClN3O/c20-15-11-17-14(10-18(15)24)19(22-12-6-8-21-9-7-12)13-4-2-1-3-5-16(13)23-17/h10-12,21,24H,1-9H2,(H,22,23). The molecule has 4 nitrogen and oxygen atoms in total. The molecule has 2 aromatic rings. The number of phenols is 1. The fraction of sp³-hybridized carbons (Fsp3) is 0.526. The smallest absolute Gasteiger partial charge is 0.135 e. The van der Waals surface area contributed by atoms with Gasteiger partial charge in [0.05, 0.1) is 10.5 Å². The van der Waals surface area contributed by atoms with Gasteiger partial charge in [-0.25, -0.2) is 0 Å². The molecule has 0 bridgehead atoms. The molecule has 2 aliphatic rings. The van der Waals surface area contributed by atoms with Crippen LogP contribution in [0.4, 0.5) is 5.69 Å². The van der Waals surface area contributed by atoms with Crippen molar-refractivity contribution < 1.29 is 5.11 Å². The average molecular weight is 346 g/mol. The molecular formula is C19H24ClN3O. The van der Waals surface area contributed by atoms with Crippen LogP contribution in [-0.4, -0.2) is 29.2 Å². The number of rotatable bonds is 2. The van der Waals surface area contributed by atoms with Crippen LogP contribution in [0.15, 0.2) is 12.1 Å². The van der Waals surface area contributed by atoms with Crippen molar-refractivity contribution in [1.82, 2.24) is 10.3 Å². The molecule has 1 aliphatic heterocycles. The summed E-state index contributed by atoms with van der Waals surface area (Å²) in [5.41, 5.74) is 4.61. The summed E-state index contributed by atoms with van der Waals surface area (Å²) in [7, 11) is 0. The normalized spacial score (nSPS) is 19.0. The summed E-state index contributed by atoms with van der Waals surface area (Å²) in [5.74, 6) is 0.132. The van der Waals surface area contributed by atoms with Crippen LogP contribution in [0.3, 0.4) is 0 Å². The number of nitrogens with zero attached hydrogens (tertiary/aromatic N) is 1. The summed E-state index contributed by atoms with van der Waals surface area (Å²) in [6.07, 6.45) is 8.01. The van der Waals surface area contributed by atoms with Gasteiger partial charge in [0.25, 0.3) is 0 Å².